The molecular weight excluding hydrogens is 284 g/mol. The predicted octanol–water partition coefficient (Wildman–Crippen LogP) is 2.01. The van der Waals surface area contributed by atoms with Crippen molar-refractivity contribution < 1.29 is 8.42 Å². The Kier molecular flexibility index (Phi) is 3.43. The highest BCUT2D eigenvalue weighted by Crippen LogP contribution is 2.44. The van der Waals surface area contributed by atoms with Gasteiger partial charge in [-0.2, -0.15) is 4.31 Å². The predicted molar refractivity (Wildman–Crippen MR) is 83.6 cm³/mol. The van der Waals surface area contributed by atoms with Gasteiger partial charge in [0.05, 0.1) is 4.90 Å². The summed E-state index contributed by atoms with van der Waals surface area (Å²) < 4.78 is 27.5. The number of rotatable bonds is 2. The molecule has 116 valence electrons. The highest BCUT2D eigenvalue weighted by Gasteiger charge is 2.48. The van der Waals surface area contributed by atoms with Crippen LogP contribution in [-0.2, 0) is 10.0 Å². The lowest BCUT2D eigenvalue weighted by molar-refractivity contribution is 0.0177. The summed E-state index contributed by atoms with van der Waals surface area (Å²) in [5.74, 6) is 0. The molecule has 3 rings (SSSR count). The maximum absolute atomic E-state index is 12.9. The first-order valence-corrected chi connectivity index (χ1v) is 8.94. The van der Waals surface area contributed by atoms with Crippen molar-refractivity contribution in [1.29, 1.82) is 0 Å². The van der Waals surface area contributed by atoms with E-state index in [9.17, 15) is 8.42 Å². The molecule has 2 heterocycles. The second-order valence-electron chi connectivity index (χ2n) is 7.49. The van der Waals surface area contributed by atoms with Gasteiger partial charge in [-0.15, -0.1) is 0 Å². The highest BCUT2D eigenvalue weighted by molar-refractivity contribution is 7.89. The summed E-state index contributed by atoms with van der Waals surface area (Å²) in [5, 5.41) is 3.47. The van der Waals surface area contributed by atoms with Crippen molar-refractivity contribution in [3.63, 3.8) is 0 Å². The second kappa shape index (κ2) is 4.80. The Balaban J connectivity index is 1.94. The molecule has 0 saturated carbocycles. The summed E-state index contributed by atoms with van der Waals surface area (Å²) in [5.41, 5.74) is 1.14. The third-order valence-corrected chi connectivity index (χ3v) is 6.54. The SMILES string of the molecule is Cc1ccc(S(=O)(=O)N2CC3(C)CNCC(C)(C2)C3)cc1. The summed E-state index contributed by atoms with van der Waals surface area (Å²) in [7, 11) is -3.39. The van der Waals surface area contributed by atoms with E-state index < -0.39 is 10.0 Å². The molecule has 2 aliphatic rings. The minimum absolute atomic E-state index is 0.0308. The van der Waals surface area contributed by atoms with E-state index >= 15 is 0 Å². The Bertz CT molecular complexity index is 623. The molecule has 1 aromatic carbocycles. The average molecular weight is 308 g/mol. The molecule has 2 fully saturated rings. The van der Waals surface area contributed by atoms with Crippen LogP contribution in [-0.4, -0.2) is 38.9 Å². The quantitative estimate of drug-likeness (QED) is 0.909. The van der Waals surface area contributed by atoms with Gasteiger partial charge in [0, 0.05) is 26.2 Å². The summed E-state index contributed by atoms with van der Waals surface area (Å²) in [6.07, 6.45) is 1.09. The fourth-order valence-electron chi connectivity index (χ4n) is 3.98. The molecule has 1 N–H and O–H groups in total. The Morgan fingerprint density at radius 3 is 2.10 bits per heavy atom. The van der Waals surface area contributed by atoms with Crippen molar-refractivity contribution in [2.45, 2.75) is 32.1 Å². The number of nitrogens with zero attached hydrogens (tertiary/aromatic N) is 1. The lowest BCUT2D eigenvalue weighted by Gasteiger charge is -2.53. The fourth-order valence-corrected chi connectivity index (χ4v) is 5.72. The van der Waals surface area contributed by atoms with Gasteiger partial charge in [-0.1, -0.05) is 31.5 Å². The summed E-state index contributed by atoms with van der Waals surface area (Å²) in [4.78, 5) is 0.410. The van der Waals surface area contributed by atoms with Crippen molar-refractivity contribution in [1.82, 2.24) is 9.62 Å². The van der Waals surface area contributed by atoms with Crippen LogP contribution < -0.4 is 5.32 Å². The number of benzene rings is 1. The van der Waals surface area contributed by atoms with E-state index in [4.69, 9.17) is 0 Å². The van der Waals surface area contributed by atoms with Crippen LogP contribution in [0.1, 0.15) is 25.8 Å². The van der Waals surface area contributed by atoms with Crippen LogP contribution in [0.15, 0.2) is 29.2 Å². The molecule has 0 amide bonds. The summed E-state index contributed by atoms with van der Waals surface area (Å²) in [6.45, 7) is 9.33. The number of fused-ring (bicyclic) bond motifs is 2. The van der Waals surface area contributed by atoms with Crippen LogP contribution in [0.25, 0.3) is 0 Å². The lowest BCUT2D eigenvalue weighted by atomic mass is 9.67. The van der Waals surface area contributed by atoms with E-state index in [1.54, 1.807) is 16.4 Å². The van der Waals surface area contributed by atoms with Crippen molar-refractivity contribution in [3.8, 4) is 0 Å². The Morgan fingerprint density at radius 1 is 1.05 bits per heavy atom. The van der Waals surface area contributed by atoms with Gasteiger partial charge in [0.25, 0.3) is 0 Å². The Hall–Kier alpha value is -0.910. The number of piperidine rings is 2. The molecule has 2 bridgehead atoms. The third kappa shape index (κ3) is 2.74. The topological polar surface area (TPSA) is 49.4 Å². The first kappa shape index (κ1) is 15.0. The Labute approximate surface area is 127 Å². The molecule has 1 aromatic rings. The van der Waals surface area contributed by atoms with Gasteiger partial charge in [0.15, 0.2) is 0 Å². The summed E-state index contributed by atoms with van der Waals surface area (Å²) >= 11 is 0. The van der Waals surface area contributed by atoms with E-state index in [2.05, 4.69) is 19.2 Å². The molecule has 0 aromatic heterocycles. The average Bonchev–Trinajstić information content (AvgIpc) is 2.36. The maximum Gasteiger partial charge on any atom is 0.243 e. The fraction of sp³-hybridized carbons (Fsp3) is 0.625. The van der Waals surface area contributed by atoms with E-state index in [-0.39, 0.29) is 10.8 Å². The second-order valence-corrected chi connectivity index (χ2v) is 9.43. The molecule has 0 aliphatic carbocycles. The lowest BCUT2D eigenvalue weighted by Crippen LogP contribution is -2.62. The molecular formula is C16H24N2O2S. The first-order valence-electron chi connectivity index (χ1n) is 7.50. The maximum atomic E-state index is 12.9. The molecule has 4 nitrogen and oxygen atoms in total. The zero-order chi connectivity index (χ0) is 15.3. The molecule has 2 atom stereocenters. The molecule has 2 saturated heterocycles. The monoisotopic (exact) mass is 308 g/mol. The van der Waals surface area contributed by atoms with Crippen LogP contribution in [0.5, 0.6) is 0 Å². The summed E-state index contributed by atoms with van der Waals surface area (Å²) in [6, 6.07) is 7.17. The smallest absolute Gasteiger partial charge is 0.243 e. The van der Waals surface area contributed by atoms with Gasteiger partial charge in [0.1, 0.15) is 0 Å². The number of hydrogen-bond donors (Lipinski definition) is 1. The molecule has 5 heteroatoms. The molecule has 0 radical (unpaired) electrons. The molecule has 21 heavy (non-hydrogen) atoms. The van der Waals surface area contributed by atoms with E-state index in [0.717, 1.165) is 25.1 Å². The molecule has 2 aliphatic heterocycles. The minimum atomic E-state index is -3.39. The zero-order valence-electron chi connectivity index (χ0n) is 13.0. The van der Waals surface area contributed by atoms with E-state index in [1.165, 1.54) is 0 Å². The van der Waals surface area contributed by atoms with Crippen LogP contribution >= 0.6 is 0 Å². The van der Waals surface area contributed by atoms with Crippen molar-refractivity contribution in [2.75, 3.05) is 26.2 Å². The number of hydrogen-bond acceptors (Lipinski definition) is 3. The zero-order valence-corrected chi connectivity index (χ0v) is 13.8. The highest BCUT2D eigenvalue weighted by atomic mass is 32.2. The van der Waals surface area contributed by atoms with Gasteiger partial charge in [-0.05, 0) is 36.3 Å². The van der Waals surface area contributed by atoms with Gasteiger partial charge >= 0.3 is 0 Å². The van der Waals surface area contributed by atoms with E-state index in [0.29, 0.717) is 18.0 Å². The standard InChI is InChI=1S/C16H24N2O2S/c1-13-4-6-14(7-5-13)21(19,20)18-11-15(2)8-16(3,12-18)10-17-9-15/h4-7,17H,8-12H2,1-3H3. The third-order valence-electron chi connectivity index (χ3n) is 4.73. The number of aryl methyl sites for hydroxylation is 1. The number of sulfonamides is 1. The van der Waals surface area contributed by atoms with Crippen LogP contribution in [0, 0.1) is 17.8 Å². The van der Waals surface area contributed by atoms with Crippen LogP contribution in [0.3, 0.4) is 0 Å². The minimum Gasteiger partial charge on any atom is -0.316 e. The van der Waals surface area contributed by atoms with Crippen molar-refractivity contribution >= 4 is 10.0 Å². The van der Waals surface area contributed by atoms with Crippen molar-refractivity contribution in [3.05, 3.63) is 29.8 Å². The van der Waals surface area contributed by atoms with Crippen molar-refractivity contribution in [2.24, 2.45) is 10.8 Å². The largest absolute Gasteiger partial charge is 0.316 e. The first-order chi connectivity index (χ1) is 9.73. The Morgan fingerprint density at radius 2 is 1.57 bits per heavy atom. The van der Waals surface area contributed by atoms with E-state index in [1.807, 2.05) is 19.1 Å². The van der Waals surface area contributed by atoms with Crippen LogP contribution in [0.2, 0.25) is 0 Å². The van der Waals surface area contributed by atoms with Gasteiger partial charge < -0.3 is 5.32 Å². The van der Waals surface area contributed by atoms with Gasteiger partial charge in [-0.25, -0.2) is 8.42 Å². The van der Waals surface area contributed by atoms with Gasteiger partial charge in [0.2, 0.25) is 10.0 Å². The normalized spacial score (nSPS) is 33.9. The molecule has 0 spiro atoms. The van der Waals surface area contributed by atoms with Crippen LogP contribution in [0.4, 0.5) is 0 Å². The molecule has 2 unspecified atom stereocenters. The number of nitrogens with one attached hydrogen (secondary N) is 1. The van der Waals surface area contributed by atoms with Gasteiger partial charge in [-0.3, -0.25) is 0 Å².